The van der Waals surface area contributed by atoms with Crippen molar-refractivity contribution in [2.45, 2.75) is 18.9 Å². The topological polar surface area (TPSA) is 110 Å². The van der Waals surface area contributed by atoms with E-state index in [1.54, 1.807) is 30.3 Å². The van der Waals surface area contributed by atoms with Crippen LogP contribution in [0.1, 0.15) is 24.4 Å². The SMILES string of the molecule is COC(=O)CS(=O)(=O)NC(CCC(=O)O)c1ccccc1. The van der Waals surface area contributed by atoms with Crippen molar-refractivity contribution in [3.05, 3.63) is 35.9 Å². The van der Waals surface area contributed by atoms with Crippen LogP contribution in [0.5, 0.6) is 0 Å². The molecule has 0 aromatic heterocycles. The standard InChI is InChI=1S/C13H17NO6S/c1-20-13(17)9-21(18,19)14-11(7-8-12(15)16)10-5-3-2-4-6-10/h2-6,11,14H,7-9H2,1H3,(H,15,16). The van der Waals surface area contributed by atoms with Crippen LogP contribution in [0.15, 0.2) is 30.3 Å². The Kier molecular flexibility index (Phi) is 6.32. The van der Waals surface area contributed by atoms with E-state index in [0.717, 1.165) is 7.11 Å². The molecular formula is C13H17NO6S. The lowest BCUT2D eigenvalue weighted by Crippen LogP contribution is -2.34. The number of carboxylic acid groups (broad SMARTS) is 1. The van der Waals surface area contributed by atoms with Gasteiger partial charge in [-0.3, -0.25) is 9.59 Å². The Morgan fingerprint density at radius 1 is 1.29 bits per heavy atom. The van der Waals surface area contributed by atoms with Gasteiger partial charge in [0.2, 0.25) is 10.0 Å². The first kappa shape index (κ1) is 17.1. The number of carbonyl (C=O) groups is 2. The van der Waals surface area contributed by atoms with Gasteiger partial charge in [0.1, 0.15) is 0 Å². The van der Waals surface area contributed by atoms with E-state index in [9.17, 15) is 18.0 Å². The van der Waals surface area contributed by atoms with Crippen molar-refractivity contribution in [2.75, 3.05) is 12.9 Å². The molecule has 2 N–H and O–H groups in total. The summed E-state index contributed by atoms with van der Waals surface area (Å²) in [7, 11) is -2.81. The zero-order chi connectivity index (χ0) is 15.9. The fraction of sp³-hybridized carbons (Fsp3) is 0.385. The number of aliphatic carboxylic acids is 1. The van der Waals surface area contributed by atoms with Gasteiger partial charge < -0.3 is 9.84 Å². The maximum atomic E-state index is 11.9. The summed E-state index contributed by atoms with van der Waals surface area (Å²) in [5.41, 5.74) is 0.632. The number of carboxylic acids is 1. The number of esters is 1. The van der Waals surface area contributed by atoms with E-state index < -0.39 is 33.8 Å². The molecular weight excluding hydrogens is 298 g/mol. The quantitative estimate of drug-likeness (QED) is 0.683. The molecule has 1 unspecified atom stereocenters. The molecule has 0 aliphatic rings. The second kappa shape index (κ2) is 7.75. The van der Waals surface area contributed by atoms with Crippen molar-refractivity contribution < 1.29 is 27.9 Å². The summed E-state index contributed by atoms with van der Waals surface area (Å²) in [6, 6.07) is 7.87. The molecule has 1 atom stereocenters. The highest BCUT2D eigenvalue weighted by Gasteiger charge is 2.23. The number of methoxy groups -OCH3 is 1. The minimum absolute atomic E-state index is 0.0831. The van der Waals surface area contributed by atoms with Crippen molar-refractivity contribution in [2.24, 2.45) is 0 Å². The zero-order valence-corrected chi connectivity index (χ0v) is 12.3. The lowest BCUT2D eigenvalue weighted by molar-refractivity contribution is -0.138. The molecule has 116 valence electrons. The number of ether oxygens (including phenoxy) is 1. The molecule has 0 spiro atoms. The fourth-order valence-corrected chi connectivity index (χ4v) is 2.92. The maximum absolute atomic E-state index is 11.9. The highest BCUT2D eigenvalue weighted by Crippen LogP contribution is 2.19. The number of nitrogens with one attached hydrogen (secondary N) is 1. The predicted molar refractivity (Wildman–Crippen MR) is 75.0 cm³/mol. The molecule has 0 aliphatic carbocycles. The lowest BCUT2D eigenvalue weighted by Gasteiger charge is -2.18. The maximum Gasteiger partial charge on any atom is 0.322 e. The fourth-order valence-electron chi connectivity index (χ4n) is 1.72. The van der Waals surface area contributed by atoms with Gasteiger partial charge in [-0.1, -0.05) is 30.3 Å². The third-order valence-electron chi connectivity index (χ3n) is 2.71. The summed E-state index contributed by atoms with van der Waals surface area (Å²) < 4.78 is 30.4. The molecule has 0 fully saturated rings. The molecule has 1 aromatic carbocycles. The van der Waals surface area contributed by atoms with Crippen molar-refractivity contribution >= 4 is 22.0 Å². The van der Waals surface area contributed by atoms with Crippen molar-refractivity contribution in [3.63, 3.8) is 0 Å². The summed E-state index contributed by atoms with van der Waals surface area (Å²) in [5, 5.41) is 8.74. The molecule has 0 radical (unpaired) electrons. The minimum Gasteiger partial charge on any atom is -0.481 e. The number of sulfonamides is 1. The molecule has 7 nitrogen and oxygen atoms in total. The molecule has 0 saturated carbocycles. The van der Waals surface area contributed by atoms with Crippen LogP contribution in [0.4, 0.5) is 0 Å². The molecule has 0 saturated heterocycles. The number of hydrogen-bond acceptors (Lipinski definition) is 5. The van der Waals surface area contributed by atoms with E-state index in [-0.39, 0.29) is 12.8 Å². The molecule has 0 aliphatic heterocycles. The van der Waals surface area contributed by atoms with Crippen LogP contribution < -0.4 is 4.72 Å². The summed E-state index contributed by atoms with van der Waals surface area (Å²) in [6.07, 6.45) is -0.111. The van der Waals surface area contributed by atoms with Crippen LogP contribution in [-0.4, -0.2) is 38.3 Å². The van der Waals surface area contributed by atoms with Gasteiger partial charge in [0.15, 0.2) is 5.75 Å². The Labute approximate surface area is 123 Å². The monoisotopic (exact) mass is 315 g/mol. The largest absolute Gasteiger partial charge is 0.481 e. The third kappa shape index (κ3) is 6.37. The molecule has 1 rings (SSSR count). The van der Waals surface area contributed by atoms with Gasteiger partial charge in [-0.2, -0.15) is 0 Å². The van der Waals surface area contributed by atoms with E-state index in [0.29, 0.717) is 5.56 Å². The van der Waals surface area contributed by atoms with E-state index in [1.165, 1.54) is 0 Å². The normalized spacial score (nSPS) is 12.6. The van der Waals surface area contributed by atoms with Gasteiger partial charge in [-0.25, -0.2) is 13.1 Å². The van der Waals surface area contributed by atoms with Crippen LogP contribution in [-0.2, 0) is 24.3 Å². The minimum atomic E-state index is -3.91. The number of rotatable bonds is 8. The third-order valence-corrected chi connectivity index (χ3v) is 3.97. The van der Waals surface area contributed by atoms with Gasteiger partial charge >= 0.3 is 11.9 Å². The van der Waals surface area contributed by atoms with Gasteiger partial charge in [0.25, 0.3) is 0 Å². The Morgan fingerprint density at radius 3 is 2.43 bits per heavy atom. The van der Waals surface area contributed by atoms with Crippen LogP contribution >= 0.6 is 0 Å². The Morgan fingerprint density at radius 2 is 1.90 bits per heavy atom. The van der Waals surface area contributed by atoms with E-state index in [1.807, 2.05) is 0 Å². The first-order valence-corrected chi connectivity index (χ1v) is 7.83. The predicted octanol–water partition coefficient (Wildman–Crippen LogP) is 0.685. The van der Waals surface area contributed by atoms with Crippen molar-refractivity contribution in [3.8, 4) is 0 Å². The average molecular weight is 315 g/mol. The lowest BCUT2D eigenvalue weighted by atomic mass is 10.0. The van der Waals surface area contributed by atoms with Crippen molar-refractivity contribution in [1.29, 1.82) is 0 Å². The Balaban J connectivity index is 2.87. The van der Waals surface area contributed by atoms with Gasteiger partial charge in [-0.15, -0.1) is 0 Å². The number of hydrogen-bond donors (Lipinski definition) is 2. The van der Waals surface area contributed by atoms with Crippen LogP contribution in [0, 0.1) is 0 Å². The summed E-state index contributed by atoms with van der Waals surface area (Å²) in [6.45, 7) is 0. The van der Waals surface area contributed by atoms with Crippen LogP contribution in [0.25, 0.3) is 0 Å². The first-order chi connectivity index (χ1) is 9.84. The Hall–Kier alpha value is -1.93. The van der Waals surface area contributed by atoms with E-state index in [4.69, 9.17) is 5.11 Å². The molecule has 0 heterocycles. The van der Waals surface area contributed by atoms with Crippen LogP contribution in [0.2, 0.25) is 0 Å². The average Bonchev–Trinajstić information content (AvgIpc) is 2.43. The van der Waals surface area contributed by atoms with Crippen molar-refractivity contribution in [1.82, 2.24) is 4.72 Å². The Bertz CT molecular complexity index is 584. The summed E-state index contributed by atoms with van der Waals surface area (Å²) >= 11 is 0. The van der Waals surface area contributed by atoms with Gasteiger partial charge in [0, 0.05) is 12.5 Å². The highest BCUT2D eigenvalue weighted by atomic mass is 32.2. The van der Waals surface area contributed by atoms with E-state index in [2.05, 4.69) is 9.46 Å². The molecule has 0 bridgehead atoms. The molecule has 1 aromatic rings. The summed E-state index contributed by atoms with van der Waals surface area (Å²) in [4.78, 5) is 21.7. The first-order valence-electron chi connectivity index (χ1n) is 6.17. The van der Waals surface area contributed by atoms with Crippen LogP contribution in [0.3, 0.4) is 0 Å². The van der Waals surface area contributed by atoms with E-state index >= 15 is 0 Å². The second-order valence-corrected chi connectivity index (χ2v) is 6.10. The molecule has 21 heavy (non-hydrogen) atoms. The van der Waals surface area contributed by atoms with Gasteiger partial charge in [-0.05, 0) is 12.0 Å². The number of carbonyl (C=O) groups excluding carboxylic acids is 1. The highest BCUT2D eigenvalue weighted by molar-refractivity contribution is 7.90. The number of benzene rings is 1. The smallest absolute Gasteiger partial charge is 0.322 e. The zero-order valence-electron chi connectivity index (χ0n) is 11.5. The van der Waals surface area contributed by atoms with Gasteiger partial charge in [0.05, 0.1) is 7.11 Å². The molecule has 0 amide bonds. The molecule has 8 heteroatoms. The summed E-state index contributed by atoms with van der Waals surface area (Å²) in [5.74, 6) is -2.71. The second-order valence-electron chi connectivity index (χ2n) is 4.35.